The Kier molecular flexibility index (Phi) is 3.93. The van der Waals surface area contributed by atoms with Crippen molar-refractivity contribution in [2.24, 2.45) is 0 Å². The zero-order valence-electron chi connectivity index (χ0n) is 10.1. The number of hydrogen-bond donors (Lipinski definition) is 0. The van der Waals surface area contributed by atoms with Crippen LogP contribution in [0, 0.1) is 6.92 Å². The molecule has 0 bridgehead atoms. The van der Waals surface area contributed by atoms with Crippen LogP contribution in [-0.4, -0.2) is 27.8 Å². The van der Waals surface area contributed by atoms with Gasteiger partial charge < -0.3 is 4.90 Å². The van der Waals surface area contributed by atoms with Crippen molar-refractivity contribution in [3.8, 4) is 0 Å². The first kappa shape index (κ1) is 13.0. The minimum Gasteiger partial charge on any atom is -0.336 e. The molecule has 1 amide bonds. The number of amides is 1. The van der Waals surface area contributed by atoms with Crippen molar-refractivity contribution in [3.05, 3.63) is 45.1 Å². The van der Waals surface area contributed by atoms with Gasteiger partial charge in [0, 0.05) is 24.8 Å². The summed E-state index contributed by atoms with van der Waals surface area (Å²) in [6, 6.07) is 1.61. The third-order valence-electron chi connectivity index (χ3n) is 2.41. The standard InChI is InChI=1S/C12H12ClN3OS/c1-8-15-9(7-18-8)6-16(2)12(17)10-5-14-4-3-11(10)13/h3-5,7H,6H2,1-2H3. The maximum absolute atomic E-state index is 12.2. The molecular formula is C12H12ClN3OS. The molecule has 0 spiro atoms. The van der Waals surface area contributed by atoms with Gasteiger partial charge in [-0.05, 0) is 13.0 Å². The molecule has 0 aliphatic carbocycles. The molecule has 2 aromatic rings. The highest BCUT2D eigenvalue weighted by Crippen LogP contribution is 2.17. The summed E-state index contributed by atoms with van der Waals surface area (Å²) in [6.45, 7) is 2.41. The van der Waals surface area contributed by atoms with Crippen LogP contribution in [0.15, 0.2) is 23.8 Å². The first-order valence-electron chi connectivity index (χ1n) is 5.34. The van der Waals surface area contributed by atoms with Crippen molar-refractivity contribution < 1.29 is 4.79 Å². The molecule has 2 rings (SSSR count). The number of pyridine rings is 1. The van der Waals surface area contributed by atoms with Gasteiger partial charge in [0.1, 0.15) is 0 Å². The third-order valence-corrected chi connectivity index (χ3v) is 3.56. The van der Waals surface area contributed by atoms with Crippen LogP contribution in [0.4, 0.5) is 0 Å². The Labute approximate surface area is 114 Å². The third kappa shape index (κ3) is 2.86. The van der Waals surface area contributed by atoms with Crippen LogP contribution in [0.25, 0.3) is 0 Å². The molecule has 0 saturated heterocycles. The first-order chi connectivity index (χ1) is 8.58. The predicted octanol–water partition coefficient (Wildman–Crippen LogP) is 2.77. The van der Waals surface area contributed by atoms with Crippen LogP contribution < -0.4 is 0 Å². The van der Waals surface area contributed by atoms with Crippen molar-refractivity contribution in [2.75, 3.05) is 7.05 Å². The lowest BCUT2D eigenvalue weighted by molar-refractivity contribution is 0.0783. The lowest BCUT2D eigenvalue weighted by atomic mass is 10.2. The summed E-state index contributed by atoms with van der Waals surface area (Å²) in [4.78, 5) is 22.0. The molecule has 0 atom stereocenters. The first-order valence-corrected chi connectivity index (χ1v) is 6.59. The van der Waals surface area contributed by atoms with Gasteiger partial charge in [0.15, 0.2) is 0 Å². The number of halogens is 1. The van der Waals surface area contributed by atoms with Crippen molar-refractivity contribution >= 4 is 28.8 Å². The summed E-state index contributed by atoms with van der Waals surface area (Å²) >= 11 is 7.54. The molecule has 94 valence electrons. The summed E-state index contributed by atoms with van der Waals surface area (Å²) in [5.41, 5.74) is 1.29. The Morgan fingerprint density at radius 2 is 2.33 bits per heavy atom. The fourth-order valence-corrected chi connectivity index (χ4v) is 2.33. The molecule has 0 saturated carbocycles. The monoisotopic (exact) mass is 281 g/mol. The number of rotatable bonds is 3. The van der Waals surface area contributed by atoms with Crippen LogP contribution in [0.3, 0.4) is 0 Å². The number of carbonyl (C=O) groups excluding carboxylic acids is 1. The Morgan fingerprint density at radius 3 is 2.94 bits per heavy atom. The SMILES string of the molecule is Cc1nc(CN(C)C(=O)c2cnccc2Cl)cs1. The normalized spacial score (nSPS) is 10.4. The van der Waals surface area contributed by atoms with Crippen LogP contribution in [0.1, 0.15) is 21.1 Å². The van der Waals surface area contributed by atoms with Gasteiger partial charge in [-0.15, -0.1) is 11.3 Å². The lowest BCUT2D eigenvalue weighted by Gasteiger charge is -2.16. The number of carbonyl (C=O) groups is 1. The molecule has 0 N–H and O–H groups in total. The zero-order valence-corrected chi connectivity index (χ0v) is 11.6. The van der Waals surface area contributed by atoms with E-state index in [0.29, 0.717) is 17.1 Å². The van der Waals surface area contributed by atoms with Crippen molar-refractivity contribution in [2.45, 2.75) is 13.5 Å². The average Bonchev–Trinajstić information content (AvgIpc) is 2.74. The van der Waals surface area contributed by atoms with Crippen molar-refractivity contribution in [1.29, 1.82) is 0 Å². The molecule has 2 heterocycles. The molecule has 0 unspecified atom stereocenters. The van der Waals surface area contributed by atoms with Crippen LogP contribution >= 0.6 is 22.9 Å². The van der Waals surface area contributed by atoms with Gasteiger partial charge in [-0.2, -0.15) is 0 Å². The molecule has 2 aromatic heterocycles. The summed E-state index contributed by atoms with van der Waals surface area (Å²) in [5, 5.41) is 3.35. The molecule has 0 aromatic carbocycles. The average molecular weight is 282 g/mol. The van der Waals surface area contributed by atoms with E-state index in [9.17, 15) is 4.79 Å². The van der Waals surface area contributed by atoms with Gasteiger partial charge in [0.05, 0.1) is 27.8 Å². The van der Waals surface area contributed by atoms with Crippen molar-refractivity contribution in [1.82, 2.24) is 14.9 Å². The van der Waals surface area contributed by atoms with Crippen LogP contribution in [0.5, 0.6) is 0 Å². The van der Waals surface area contributed by atoms with Gasteiger partial charge in [-0.3, -0.25) is 9.78 Å². The maximum Gasteiger partial charge on any atom is 0.257 e. The summed E-state index contributed by atoms with van der Waals surface area (Å²) in [6.07, 6.45) is 3.04. The smallest absolute Gasteiger partial charge is 0.257 e. The molecule has 4 nitrogen and oxygen atoms in total. The van der Waals surface area contributed by atoms with Crippen LogP contribution in [0.2, 0.25) is 5.02 Å². The quantitative estimate of drug-likeness (QED) is 0.869. The van der Waals surface area contributed by atoms with E-state index < -0.39 is 0 Å². The summed E-state index contributed by atoms with van der Waals surface area (Å²) in [7, 11) is 1.72. The Morgan fingerprint density at radius 1 is 1.56 bits per heavy atom. The van der Waals surface area contributed by atoms with Gasteiger partial charge in [0.2, 0.25) is 0 Å². The van der Waals surface area contributed by atoms with Crippen LogP contribution in [-0.2, 0) is 6.54 Å². The van der Waals surface area contributed by atoms with Gasteiger partial charge in [-0.1, -0.05) is 11.6 Å². The number of aromatic nitrogens is 2. The molecular weight excluding hydrogens is 270 g/mol. The maximum atomic E-state index is 12.2. The minimum atomic E-state index is -0.154. The van der Waals surface area contributed by atoms with E-state index in [1.165, 1.54) is 6.20 Å². The van der Waals surface area contributed by atoms with Gasteiger partial charge in [-0.25, -0.2) is 4.98 Å². The summed E-state index contributed by atoms with van der Waals surface area (Å²) < 4.78 is 0. The Balaban J connectivity index is 2.12. The van der Waals surface area contributed by atoms with E-state index in [2.05, 4.69) is 9.97 Å². The Hall–Kier alpha value is -1.46. The molecule has 18 heavy (non-hydrogen) atoms. The predicted molar refractivity (Wildman–Crippen MR) is 71.9 cm³/mol. The molecule has 0 fully saturated rings. The fraction of sp³-hybridized carbons (Fsp3) is 0.250. The fourth-order valence-electron chi connectivity index (χ4n) is 1.54. The summed E-state index contributed by atoms with van der Waals surface area (Å²) in [5.74, 6) is -0.154. The van der Waals surface area contributed by atoms with E-state index in [-0.39, 0.29) is 5.91 Å². The molecule has 0 radical (unpaired) electrons. The molecule has 0 aliphatic heterocycles. The van der Waals surface area contributed by atoms with Crippen molar-refractivity contribution in [3.63, 3.8) is 0 Å². The lowest BCUT2D eigenvalue weighted by Crippen LogP contribution is -2.26. The zero-order chi connectivity index (χ0) is 13.1. The van der Waals surface area contributed by atoms with E-state index in [4.69, 9.17) is 11.6 Å². The highest BCUT2D eigenvalue weighted by atomic mass is 35.5. The van der Waals surface area contributed by atoms with E-state index >= 15 is 0 Å². The number of aryl methyl sites for hydroxylation is 1. The van der Waals surface area contributed by atoms with Gasteiger partial charge in [0.25, 0.3) is 5.91 Å². The second kappa shape index (κ2) is 5.46. The topological polar surface area (TPSA) is 46.1 Å². The second-order valence-corrected chi connectivity index (χ2v) is 5.34. The Bertz CT molecular complexity index is 570. The van der Waals surface area contributed by atoms with Gasteiger partial charge >= 0.3 is 0 Å². The minimum absolute atomic E-state index is 0.154. The highest BCUT2D eigenvalue weighted by Gasteiger charge is 2.16. The molecule has 6 heteroatoms. The molecule has 0 aliphatic rings. The van der Waals surface area contributed by atoms with E-state index in [1.807, 2.05) is 12.3 Å². The highest BCUT2D eigenvalue weighted by molar-refractivity contribution is 7.09. The number of thiazole rings is 1. The van der Waals surface area contributed by atoms with E-state index in [1.54, 1.807) is 35.5 Å². The number of nitrogens with zero attached hydrogens (tertiary/aromatic N) is 3. The largest absolute Gasteiger partial charge is 0.336 e. The van der Waals surface area contributed by atoms with E-state index in [0.717, 1.165) is 10.7 Å². The second-order valence-electron chi connectivity index (χ2n) is 3.87. The number of hydrogen-bond acceptors (Lipinski definition) is 4.